The molecule has 6 aromatic carbocycles. The van der Waals surface area contributed by atoms with Crippen LogP contribution in [-0.2, 0) is 12.0 Å². The van der Waals surface area contributed by atoms with E-state index >= 15 is 0 Å². The molecule has 1 aliphatic carbocycles. The van der Waals surface area contributed by atoms with Crippen molar-refractivity contribution in [2.24, 2.45) is 0 Å². The first kappa shape index (κ1) is 29.2. The van der Waals surface area contributed by atoms with Gasteiger partial charge in [-0.15, -0.1) is 0 Å². The molecule has 1 heterocycles. The summed E-state index contributed by atoms with van der Waals surface area (Å²) in [6.45, 7) is 5.24. The third kappa shape index (κ3) is 5.26. The Balaban J connectivity index is 1.17. The van der Waals surface area contributed by atoms with Crippen LogP contribution < -0.4 is 5.32 Å². The maximum atomic E-state index is 9.49. The smallest absolute Gasteiger partial charge is 0.0991 e. The van der Waals surface area contributed by atoms with Crippen LogP contribution in [0.15, 0.2) is 152 Å². The number of hydrogen-bond donors (Lipinski definition) is 1. The largest absolute Gasteiger partial charge is 0.355 e. The van der Waals surface area contributed by atoms with Crippen molar-refractivity contribution in [3.63, 3.8) is 0 Å². The fourth-order valence-corrected chi connectivity index (χ4v) is 7.05. The molecule has 0 radical (unpaired) electrons. The number of aromatic nitrogens is 2. The van der Waals surface area contributed by atoms with E-state index in [9.17, 15) is 5.26 Å². The molecule has 48 heavy (non-hydrogen) atoms. The Morgan fingerprint density at radius 3 is 2.12 bits per heavy atom. The number of rotatable bonds is 7. The summed E-state index contributed by atoms with van der Waals surface area (Å²) in [6.07, 6.45) is 0. The number of nitrogens with zero attached hydrogens (tertiary/aromatic N) is 3. The van der Waals surface area contributed by atoms with E-state index in [1.54, 1.807) is 0 Å². The fourth-order valence-electron chi connectivity index (χ4n) is 7.05. The summed E-state index contributed by atoms with van der Waals surface area (Å²) in [6, 6.07) is 55.1. The Labute approximate surface area is 281 Å². The van der Waals surface area contributed by atoms with Gasteiger partial charge in [0, 0.05) is 27.9 Å². The molecule has 0 amide bonds. The van der Waals surface area contributed by atoms with Crippen molar-refractivity contribution < 1.29 is 0 Å². The average molecular weight is 619 g/mol. The summed E-state index contributed by atoms with van der Waals surface area (Å²) in [5.74, 6) is 0. The lowest BCUT2D eigenvalue weighted by atomic mass is 9.82. The monoisotopic (exact) mass is 618 g/mol. The van der Waals surface area contributed by atoms with Gasteiger partial charge in [0.2, 0.25) is 0 Å². The standard InChI is InChI=1S/C44H34N4/c1-44(2)39-22-10-9-21-36(39)38-25-37(32-15-5-3-6-16-32)42(26-40(38)44)46-35-20-12-14-31(24-35)29-48-43(33-17-7-4-8-18-33)27-41(47-48)34-19-11-13-30(23-34)28-45/h3-27,46H,29H2,1-2H3. The molecular weight excluding hydrogens is 585 g/mol. The molecule has 0 unspecified atom stereocenters. The van der Waals surface area contributed by atoms with Crippen LogP contribution >= 0.6 is 0 Å². The van der Waals surface area contributed by atoms with E-state index in [0.717, 1.165) is 39.5 Å². The lowest BCUT2D eigenvalue weighted by Crippen LogP contribution is -2.15. The normalized spacial score (nSPS) is 12.6. The molecular formula is C44H34N4. The van der Waals surface area contributed by atoms with E-state index in [-0.39, 0.29) is 5.41 Å². The van der Waals surface area contributed by atoms with Gasteiger partial charge in [-0.05, 0) is 81.4 Å². The summed E-state index contributed by atoms with van der Waals surface area (Å²) in [5, 5.41) is 18.4. The first-order valence-electron chi connectivity index (χ1n) is 16.3. The minimum atomic E-state index is -0.0994. The molecule has 0 bridgehead atoms. The molecule has 230 valence electrons. The van der Waals surface area contributed by atoms with Gasteiger partial charge >= 0.3 is 0 Å². The zero-order valence-electron chi connectivity index (χ0n) is 27.0. The van der Waals surface area contributed by atoms with Gasteiger partial charge in [0.1, 0.15) is 0 Å². The molecule has 0 spiro atoms. The van der Waals surface area contributed by atoms with Crippen molar-refractivity contribution in [3.05, 3.63) is 174 Å². The molecule has 0 saturated heterocycles. The summed E-state index contributed by atoms with van der Waals surface area (Å²) in [4.78, 5) is 0. The van der Waals surface area contributed by atoms with Crippen molar-refractivity contribution in [3.8, 4) is 50.8 Å². The quantitative estimate of drug-likeness (QED) is 0.193. The van der Waals surface area contributed by atoms with E-state index in [1.807, 2.05) is 42.5 Å². The van der Waals surface area contributed by atoms with Gasteiger partial charge in [-0.25, -0.2) is 0 Å². The number of anilines is 2. The second-order valence-electron chi connectivity index (χ2n) is 12.9. The second-order valence-corrected chi connectivity index (χ2v) is 12.9. The van der Waals surface area contributed by atoms with E-state index in [4.69, 9.17) is 5.10 Å². The molecule has 0 atom stereocenters. The van der Waals surface area contributed by atoms with Crippen LogP contribution in [0.25, 0.3) is 44.8 Å². The van der Waals surface area contributed by atoms with Gasteiger partial charge in [-0.1, -0.05) is 123 Å². The zero-order valence-corrected chi connectivity index (χ0v) is 27.0. The average Bonchev–Trinajstić information content (AvgIpc) is 3.65. The van der Waals surface area contributed by atoms with Crippen LogP contribution in [0, 0.1) is 11.3 Å². The topological polar surface area (TPSA) is 53.6 Å². The SMILES string of the molecule is CC1(C)c2ccccc2-c2cc(-c3ccccc3)c(Nc3cccc(Cn4nc(-c5cccc(C#N)c5)cc4-c4ccccc4)c3)cc21. The molecule has 0 aliphatic heterocycles. The minimum Gasteiger partial charge on any atom is -0.355 e. The first-order valence-corrected chi connectivity index (χ1v) is 16.3. The Bertz CT molecular complexity index is 2320. The first-order chi connectivity index (χ1) is 23.5. The van der Waals surface area contributed by atoms with E-state index in [0.29, 0.717) is 12.1 Å². The van der Waals surface area contributed by atoms with E-state index < -0.39 is 0 Å². The van der Waals surface area contributed by atoms with Crippen LogP contribution in [0.5, 0.6) is 0 Å². The summed E-state index contributed by atoms with van der Waals surface area (Å²) >= 11 is 0. The van der Waals surface area contributed by atoms with Gasteiger partial charge in [0.15, 0.2) is 0 Å². The molecule has 7 aromatic rings. The van der Waals surface area contributed by atoms with Crippen LogP contribution in [0.3, 0.4) is 0 Å². The van der Waals surface area contributed by atoms with Crippen molar-refractivity contribution in [1.29, 1.82) is 5.26 Å². The van der Waals surface area contributed by atoms with Gasteiger partial charge in [-0.3, -0.25) is 4.68 Å². The summed E-state index contributed by atoms with van der Waals surface area (Å²) in [7, 11) is 0. The third-order valence-corrected chi connectivity index (χ3v) is 9.48. The molecule has 1 N–H and O–H groups in total. The van der Waals surface area contributed by atoms with Crippen LogP contribution in [-0.4, -0.2) is 9.78 Å². The number of nitriles is 1. The highest BCUT2D eigenvalue weighted by Gasteiger charge is 2.36. The number of benzene rings is 6. The van der Waals surface area contributed by atoms with Crippen LogP contribution in [0.1, 0.15) is 36.1 Å². The van der Waals surface area contributed by atoms with E-state index in [2.05, 4.69) is 139 Å². The van der Waals surface area contributed by atoms with E-state index in [1.165, 1.54) is 33.4 Å². The molecule has 4 heteroatoms. The zero-order chi connectivity index (χ0) is 32.7. The highest BCUT2D eigenvalue weighted by atomic mass is 15.3. The van der Waals surface area contributed by atoms with Gasteiger partial charge < -0.3 is 5.32 Å². The predicted octanol–water partition coefficient (Wildman–Crippen LogP) is 10.9. The van der Waals surface area contributed by atoms with Gasteiger partial charge in [-0.2, -0.15) is 10.4 Å². The number of hydrogen-bond acceptors (Lipinski definition) is 3. The van der Waals surface area contributed by atoms with Crippen LogP contribution in [0.4, 0.5) is 11.4 Å². The fraction of sp³-hybridized carbons (Fsp3) is 0.0909. The molecule has 1 aromatic heterocycles. The highest BCUT2D eigenvalue weighted by molar-refractivity contribution is 5.91. The predicted molar refractivity (Wildman–Crippen MR) is 196 cm³/mol. The van der Waals surface area contributed by atoms with Crippen LogP contribution in [0.2, 0.25) is 0 Å². The molecule has 8 rings (SSSR count). The lowest BCUT2D eigenvalue weighted by molar-refractivity contribution is 0.660. The van der Waals surface area contributed by atoms with Crippen molar-refractivity contribution in [2.75, 3.05) is 5.32 Å². The lowest BCUT2D eigenvalue weighted by Gasteiger charge is -2.23. The Hall–Kier alpha value is -6.18. The minimum absolute atomic E-state index is 0.0994. The molecule has 1 aliphatic rings. The maximum absolute atomic E-state index is 9.49. The van der Waals surface area contributed by atoms with Crippen molar-refractivity contribution >= 4 is 11.4 Å². The summed E-state index contributed by atoms with van der Waals surface area (Å²) < 4.78 is 2.06. The second kappa shape index (κ2) is 11.9. The Morgan fingerprint density at radius 1 is 0.625 bits per heavy atom. The van der Waals surface area contributed by atoms with Crippen molar-refractivity contribution in [2.45, 2.75) is 25.8 Å². The Kier molecular flexibility index (Phi) is 7.23. The Morgan fingerprint density at radius 2 is 1.33 bits per heavy atom. The highest BCUT2D eigenvalue weighted by Crippen LogP contribution is 2.51. The van der Waals surface area contributed by atoms with Gasteiger partial charge in [0.25, 0.3) is 0 Å². The summed E-state index contributed by atoms with van der Waals surface area (Å²) in [5.41, 5.74) is 15.3. The molecule has 0 saturated carbocycles. The number of nitrogens with one attached hydrogen (secondary N) is 1. The third-order valence-electron chi connectivity index (χ3n) is 9.48. The number of fused-ring (bicyclic) bond motifs is 3. The molecule has 0 fully saturated rings. The van der Waals surface area contributed by atoms with Crippen molar-refractivity contribution in [1.82, 2.24) is 9.78 Å². The van der Waals surface area contributed by atoms with Gasteiger partial charge in [0.05, 0.1) is 29.6 Å². The maximum Gasteiger partial charge on any atom is 0.0991 e. The molecule has 4 nitrogen and oxygen atoms in total.